The van der Waals surface area contributed by atoms with E-state index in [0.29, 0.717) is 0 Å². The van der Waals surface area contributed by atoms with Gasteiger partial charge in [0.05, 0.1) is 5.56 Å². The van der Waals surface area contributed by atoms with Crippen molar-refractivity contribution in [2.24, 2.45) is 0 Å². The molecule has 0 aliphatic carbocycles. The molecule has 0 saturated heterocycles. The summed E-state index contributed by atoms with van der Waals surface area (Å²) in [5.74, 6) is -0.473. The SMILES string of the molecule is CCC(CCBr)NC(=O)c1cccc(C(F)(F)F)c1. The van der Waals surface area contributed by atoms with Crippen LogP contribution in [-0.2, 0) is 6.18 Å². The number of hydrogen-bond donors (Lipinski definition) is 1. The summed E-state index contributed by atoms with van der Waals surface area (Å²) >= 11 is 3.27. The molecule has 1 aromatic carbocycles. The Bertz CT molecular complexity index is 434. The lowest BCUT2D eigenvalue weighted by molar-refractivity contribution is -0.137. The molecule has 1 N–H and O–H groups in total. The number of halogens is 4. The zero-order chi connectivity index (χ0) is 14.5. The van der Waals surface area contributed by atoms with Gasteiger partial charge in [-0.05, 0) is 31.0 Å². The topological polar surface area (TPSA) is 29.1 Å². The summed E-state index contributed by atoms with van der Waals surface area (Å²) in [7, 11) is 0. The molecule has 0 aromatic heterocycles. The van der Waals surface area contributed by atoms with Crippen LogP contribution in [0.1, 0.15) is 35.7 Å². The number of carbonyl (C=O) groups excluding carboxylic acids is 1. The second kappa shape index (κ2) is 6.93. The third-order valence-corrected chi connectivity index (χ3v) is 3.20. The second-order valence-corrected chi connectivity index (χ2v) is 4.93. The minimum Gasteiger partial charge on any atom is -0.349 e. The quantitative estimate of drug-likeness (QED) is 0.808. The molecule has 1 atom stereocenters. The maximum atomic E-state index is 12.5. The van der Waals surface area contributed by atoms with Crippen LogP contribution in [0.3, 0.4) is 0 Å². The smallest absolute Gasteiger partial charge is 0.349 e. The molecule has 0 bridgehead atoms. The Morgan fingerprint density at radius 2 is 2.11 bits per heavy atom. The average Bonchev–Trinajstić information content (AvgIpc) is 2.37. The summed E-state index contributed by atoms with van der Waals surface area (Å²) in [6, 6.07) is 4.40. The van der Waals surface area contributed by atoms with Crippen LogP contribution in [0.15, 0.2) is 24.3 Å². The normalized spacial score (nSPS) is 13.1. The van der Waals surface area contributed by atoms with E-state index in [0.717, 1.165) is 30.3 Å². The van der Waals surface area contributed by atoms with E-state index in [-0.39, 0.29) is 11.6 Å². The molecule has 0 radical (unpaired) electrons. The van der Waals surface area contributed by atoms with Gasteiger partial charge < -0.3 is 5.32 Å². The molecule has 106 valence electrons. The van der Waals surface area contributed by atoms with Gasteiger partial charge in [0.1, 0.15) is 0 Å². The van der Waals surface area contributed by atoms with Gasteiger partial charge in [0, 0.05) is 16.9 Å². The van der Waals surface area contributed by atoms with E-state index >= 15 is 0 Å². The molecule has 1 aromatic rings. The van der Waals surface area contributed by atoms with Crippen molar-refractivity contribution in [3.63, 3.8) is 0 Å². The first kappa shape index (κ1) is 16.0. The molecule has 0 aliphatic heterocycles. The fraction of sp³-hybridized carbons (Fsp3) is 0.462. The Morgan fingerprint density at radius 3 is 2.63 bits per heavy atom. The van der Waals surface area contributed by atoms with Crippen LogP contribution in [0.25, 0.3) is 0 Å². The molecule has 0 fully saturated rings. The van der Waals surface area contributed by atoms with Crippen molar-refractivity contribution in [3.05, 3.63) is 35.4 Å². The summed E-state index contributed by atoms with van der Waals surface area (Å²) in [6.45, 7) is 1.92. The summed E-state index contributed by atoms with van der Waals surface area (Å²) in [4.78, 5) is 11.9. The van der Waals surface area contributed by atoms with Gasteiger partial charge in [-0.3, -0.25) is 4.79 Å². The summed E-state index contributed by atoms with van der Waals surface area (Å²) < 4.78 is 37.6. The number of alkyl halides is 4. The predicted molar refractivity (Wildman–Crippen MR) is 71.4 cm³/mol. The van der Waals surface area contributed by atoms with Crippen LogP contribution in [0.4, 0.5) is 13.2 Å². The van der Waals surface area contributed by atoms with E-state index in [1.165, 1.54) is 12.1 Å². The fourth-order valence-electron chi connectivity index (χ4n) is 1.62. The highest BCUT2D eigenvalue weighted by atomic mass is 79.9. The third-order valence-electron chi connectivity index (χ3n) is 2.74. The highest BCUT2D eigenvalue weighted by Crippen LogP contribution is 2.29. The molecule has 2 nitrogen and oxygen atoms in total. The van der Waals surface area contributed by atoms with Gasteiger partial charge in [0.2, 0.25) is 0 Å². The minimum absolute atomic E-state index is 0.0304. The van der Waals surface area contributed by atoms with Crippen LogP contribution in [-0.4, -0.2) is 17.3 Å². The van der Waals surface area contributed by atoms with Gasteiger partial charge in [-0.2, -0.15) is 13.2 Å². The standard InChI is InChI=1S/C13H15BrF3NO/c1-2-11(6-7-14)18-12(19)9-4-3-5-10(8-9)13(15,16)17/h3-5,8,11H,2,6-7H2,1H3,(H,18,19). The van der Waals surface area contributed by atoms with Crippen molar-refractivity contribution >= 4 is 21.8 Å². The third kappa shape index (κ3) is 4.86. The predicted octanol–water partition coefficient (Wildman–Crippen LogP) is 4.00. The number of benzene rings is 1. The van der Waals surface area contributed by atoms with Crippen LogP contribution in [0, 0.1) is 0 Å². The molecule has 1 rings (SSSR count). The first-order valence-corrected chi connectivity index (χ1v) is 7.04. The van der Waals surface area contributed by atoms with Gasteiger partial charge >= 0.3 is 6.18 Å². The van der Waals surface area contributed by atoms with Crippen molar-refractivity contribution in [1.29, 1.82) is 0 Å². The first-order chi connectivity index (χ1) is 8.88. The lowest BCUT2D eigenvalue weighted by Crippen LogP contribution is -2.34. The zero-order valence-corrected chi connectivity index (χ0v) is 12.0. The Kier molecular flexibility index (Phi) is 5.85. The Hall–Kier alpha value is -1.04. The van der Waals surface area contributed by atoms with Gasteiger partial charge in [0.25, 0.3) is 5.91 Å². The average molecular weight is 338 g/mol. The Balaban J connectivity index is 2.82. The second-order valence-electron chi connectivity index (χ2n) is 4.13. The molecule has 1 amide bonds. The van der Waals surface area contributed by atoms with E-state index in [1.807, 2.05) is 6.92 Å². The Morgan fingerprint density at radius 1 is 1.42 bits per heavy atom. The van der Waals surface area contributed by atoms with E-state index in [9.17, 15) is 18.0 Å². The molecule has 1 unspecified atom stereocenters. The molecule has 6 heteroatoms. The first-order valence-electron chi connectivity index (χ1n) is 5.92. The lowest BCUT2D eigenvalue weighted by atomic mass is 10.1. The van der Waals surface area contributed by atoms with Gasteiger partial charge in [-0.1, -0.05) is 28.9 Å². The number of hydrogen-bond acceptors (Lipinski definition) is 1. The van der Waals surface area contributed by atoms with Crippen molar-refractivity contribution in [1.82, 2.24) is 5.32 Å². The summed E-state index contributed by atoms with van der Waals surface area (Å²) in [5.41, 5.74) is -0.781. The van der Waals surface area contributed by atoms with Crippen LogP contribution >= 0.6 is 15.9 Å². The van der Waals surface area contributed by atoms with E-state index < -0.39 is 17.6 Å². The monoisotopic (exact) mass is 337 g/mol. The number of rotatable bonds is 5. The molecule has 0 spiro atoms. The van der Waals surface area contributed by atoms with Gasteiger partial charge in [0.15, 0.2) is 0 Å². The maximum Gasteiger partial charge on any atom is 0.416 e. The van der Waals surface area contributed by atoms with Gasteiger partial charge in [-0.25, -0.2) is 0 Å². The maximum absolute atomic E-state index is 12.5. The van der Waals surface area contributed by atoms with Crippen LogP contribution in [0.5, 0.6) is 0 Å². The molecule has 0 heterocycles. The minimum atomic E-state index is -4.43. The molecular formula is C13H15BrF3NO. The fourth-order valence-corrected chi connectivity index (χ4v) is 2.17. The summed E-state index contributed by atoms with van der Waals surface area (Å²) in [5, 5.41) is 3.46. The Labute approximate surface area is 118 Å². The van der Waals surface area contributed by atoms with E-state index in [4.69, 9.17) is 0 Å². The highest BCUT2D eigenvalue weighted by Gasteiger charge is 2.30. The molecule has 0 saturated carbocycles. The van der Waals surface area contributed by atoms with Crippen molar-refractivity contribution < 1.29 is 18.0 Å². The van der Waals surface area contributed by atoms with E-state index in [2.05, 4.69) is 21.2 Å². The molecular weight excluding hydrogens is 323 g/mol. The number of carbonyl (C=O) groups is 1. The number of nitrogens with one attached hydrogen (secondary N) is 1. The molecule has 19 heavy (non-hydrogen) atoms. The summed E-state index contributed by atoms with van der Waals surface area (Å²) in [6.07, 6.45) is -2.96. The van der Waals surface area contributed by atoms with Gasteiger partial charge in [-0.15, -0.1) is 0 Å². The van der Waals surface area contributed by atoms with E-state index in [1.54, 1.807) is 0 Å². The molecule has 0 aliphatic rings. The number of amides is 1. The van der Waals surface area contributed by atoms with Crippen LogP contribution in [0.2, 0.25) is 0 Å². The highest BCUT2D eigenvalue weighted by molar-refractivity contribution is 9.09. The lowest BCUT2D eigenvalue weighted by Gasteiger charge is -2.16. The zero-order valence-electron chi connectivity index (χ0n) is 10.4. The van der Waals surface area contributed by atoms with Crippen molar-refractivity contribution in [2.75, 3.05) is 5.33 Å². The van der Waals surface area contributed by atoms with Crippen molar-refractivity contribution in [3.8, 4) is 0 Å². The van der Waals surface area contributed by atoms with Crippen LogP contribution < -0.4 is 5.32 Å². The largest absolute Gasteiger partial charge is 0.416 e. The van der Waals surface area contributed by atoms with Crippen molar-refractivity contribution in [2.45, 2.75) is 32.0 Å².